The van der Waals surface area contributed by atoms with Gasteiger partial charge in [0.25, 0.3) is 5.91 Å². The monoisotopic (exact) mass is 247 g/mol. The average molecular weight is 247 g/mol. The van der Waals surface area contributed by atoms with Crippen LogP contribution in [0.15, 0.2) is 18.5 Å². The number of nitrogens with two attached hydrogens (primary N) is 1. The minimum absolute atomic E-state index is 0.282. The molecule has 0 aliphatic carbocycles. The van der Waals surface area contributed by atoms with E-state index in [2.05, 4.69) is 32.3 Å². The van der Waals surface area contributed by atoms with Crippen molar-refractivity contribution in [2.75, 3.05) is 11.9 Å². The molecule has 0 aliphatic heterocycles. The third-order valence-corrected chi connectivity index (χ3v) is 2.61. The number of amides is 1. The van der Waals surface area contributed by atoms with Crippen LogP contribution < -0.4 is 11.1 Å². The number of hydrogen-bond acceptors (Lipinski definition) is 5. The fraction of sp³-hybridized carbons (Fsp3) is 0.100. The minimum atomic E-state index is -0.282. The summed E-state index contributed by atoms with van der Waals surface area (Å²) in [6, 6.07) is 1.58. The molecule has 0 radical (unpaired) electrons. The number of carbonyl (C=O) groups excluding carboxylic acids is 1. The van der Waals surface area contributed by atoms with Gasteiger partial charge in [0.15, 0.2) is 5.13 Å². The van der Waals surface area contributed by atoms with E-state index in [0.29, 0.717) is 17.4 Å². The maximum Gasteiger partial charge on any atom is 0.275 e. The topological polar surface area (TPSA) is 96.7 Å². The molecular formula is C10H9N5OS. The van der Waals surface area contributed by atoms with E-state index in [0.717, 1.165) is 4.88 Å². The second-order valence-corrected chi connectivity index (χ2v) is 3.99. The molecule has 2 aromatic rings. The average Bonchev–Trinajstić information content (AvgIpc) is 2.97. The first-order valence-corrected chi connectivity index (χ1v) is 5.56. The molecule has 0 aromatic carbocycles. The Labute approximate surface area is 101 Å². The van der Waals surface area contributed by atoms with Crippen molar-refractivity contribution in [3.05, 3.63) is 29.0 Å². The quantitative estimate of drug-likeness (QED) is 0.670. The van der Waals surface area contributed by atoms with Crippen LogP contribution in [0.1, 0.15) is 15.4 Å². The van der Waals surface area contributed by atoms with Crippen LogP contribution in [0.4, 0.5) is 5.13 Å². The van der Waals surface area contributed by atoms with Gasteiger partial charge in [-0.05, 0) is 6.07 Å². The Morgan fingerprint density at radius 1 is 1.65 bits per heavy atom. The highest BCUT2D eigenvalue weighted by Crippen LogP contribution is 2.17. The van der Waals surface area contributed by atoms with E-state index < -0.39 is 0 Å². The van der Waals surface area contributed by atoms with Crippen LogP contribution in [-0.4, -0.2) is 27.6 Å². The highest BCUT2D eigenvalue weighted by Gasteiger charge is 2.09. The Kier molecular flexibility index (Phi) is 3.49. The molecule has 0 bridgehead atoms. The molecule has 0 fully saturated rings. The molecule has 2 heterocycles. The van der Waals surface area contributed by atoms with Gasteiger partial charge in [-0.3, -0.25) is 15.2 Å². The van der Waals surface area contributed by atoms with Crippen molar-refractivity contribution < 1.29 is 4.79 Å². The van der Waals surface area contributed by atoms with Gasteiger partial charge >= 0.3 is 0 Å². The normalized spacial score (nSPS) is 9.47. The molecule has 0 saturated carbocycles. The first-order valence-electron chi connectivity index (χ1n) is 4.75. The fourth-order valence-corrected chi connectivity index (χ4v) is 1.76. The van der Waals surface area contributed by atoms with Crippen LogP contribution >= 0.6 is 11.3 Å². The van der Waals surface area contributed by atoms with Crippen LogP contribution in [0.3, 0.4) is 0 Å². The zero-order chi connectivity index (χ0) is 12.1. The lowest BCUT2D eigenvalue weighted by Gasteiger charge is -1.96. The highest BCUT2D eigenvalue weighted by molar-refractivity contribution is 7.16. The summed E-state index contributed by atoms with van der Waals surface area (Å²) in [5, 5.41) is 9.39. The molecule has 0 unspecified atom stereocenters. The predicted molar refractivity (Wildman–Crippen MR) is 64.6 cm³/mol. The Morgan fingerprint density at radius 2 is 2.53 bits per heavy atom. The minimum Gasteiger partial charge on any atom is -0.320 e. The molecule has 0 atom stereocenters. The van der Waals surface area contributed by atoms with E-state index in [1.54, 1.807) is 12.3 Å². The second kappa shape index (κ2) is 5.25. The van der Waals surface area contributed by atoms with Crippen molar-refractivity contribution in [3.8, 4) is 11.8 Å². The van der Waals surface area contributed by atoms with Crippen LogP contribution in [0.25, 0.3) is 0 Å². The van der Waals surface area contributed by atoms with E-state index >= 15 is 0 Å². The molecule has 0 aliphatic rings. The number of thiazole rings is 1. The molecule has 2 aromatic heterocycles. The molecular weight excluding hydrogens is 238 g/mol. The number of aromatic amines is 1. The molecule has 86 valence electrons. The molecule has 0 saturated heterocycles. The summed E-state index contributed by atoms with van der Waals surface area (Å²) in [6.07, 6.45) is 3.10. The van der Waals surface area contributed by atoms with Gasteiger partial charge < -0.3 is 5.73 Å². The third kappa shape index (κ3) is 2.90. The zero-order valence-electron chi connectivity index (χ0n) is 8.73. The lowest BCUT2D eigenvalue weighted by molar-refractivity contribution is 0.102. The Bertz CT molecular complexity index is 563. The molecule has 0 spiro atoms. The van der Waals surface area contributed by atoms with Gasteiger partial charge in [-0.25, -0.2) is 4.98 Å². The highest BCUT2D eigenvalue weighted by atomic mass is 32.1. The standard InChI is InChI=1S/C10H9N5OS/c11-4-1-2-7-6-12-10(17-7)14-9(16)8-3-5-13-15-8/h3,5-6H,4,11H2,(H,13,15)(H,12,14,16). The van der Waals surface area contributed by atoms with Crippen LogP contribution in [0.5, 0.6) is 0 Å². The number of aromatic nitrogens is 3. The van der Waals surface area contributed by atoms with E-state index in [-0.39, 0.29) is 5.91 Å². The number of H-pyrrole nitrogens is 1. The maximum absolute atomic E-state index is 11.6. The Morgan fingerprint density at radius 3 is 3.24 bits per heavy atom. The molecule has 2 rings (SSSR count). The largest absolute Gasteiger partial charge is 0.320 e. The van der Waals surface area contributed by atoms with Crippen molar-refractivity contribution in [1.29, 1.82) is 0 Å². The van der Waals surface area contributed by atoms with Gasteiger partial charge in [-0.15, -0.1) is 0 Å². The SMILES string of the molecule is NCC#Cc1cnc(NC(=O)c2ccn[nH]2)s1. The summed E-state index contributed by atoms with van der Waals surface area (Å²) in [5.74, 6) is 5.28. The van der Waals surface area contributed by atoms with Gasteiger partial charge in [0, 0.05) is 6.20 Å². The van der Waals surface area contributed by atoms with Crippen molar-refractivity contribution in [2.24, 2.45) is 5.73 Å². The first kappa shape index (κ1) is 11.3. The lowest BCUT2D eigenvalue weighted by Crippen LogP contribution is -2.11. The van der Waals surface area contributed by atoms with Crippen molar-refractivity contribution in [1.82, 2.24) is 15.2 Å². The summed E-state index contributed by atoms with van der Waals surface area (Å²) < 4.78 is 0. The molecule has 4 N–H and O–H groups in total. The third-order valence-electron chi connectivity index (χ3n) is 1.79. The maximum atomic E-state index is 11.6. The van der Waals surface area contributed by atoms with Gasteiger partial charge in [0.1, 0.15) is 5.69 Å². The predicted octanol–water partition coefficient (Wildman–Crippen LogP) is 0.429. The van der Waals surface area contributed by atoms with E-state index in [9.17, 15) is 4.79 Å². The summed E-state index contributed by atoms with van der Waals surface area (Å²) in [6.45, 7) is 0.299. The van der Waals surface area contributed by atoms with Crippen molar-refractivity contribution in [2.45, 2.75) is 0 Å². The molecule has 1 amide bonds. The molecule has 17 heavy (non-hydrogen) atoms. The number of nitrogens with one attached hydrogen (secondary N) is 2. The van der Waals surface area contributed by atoms with Crippen LogP contribution in [-0.2, 0) is 0 Å². The molecule has 7 heteroatoms. The Balaban J connectivity index is 2.04. The number of rotatable bonds is 2. The van der Waals surface area contributed by atoms with Crippen LogP contribution in [0, 0.1) is 11.8 Å². The second-order valence-electron chi connectivity index (χ2n) is 2.96. The van der Waals surface area contributed by atoms with Gasteiger partial charge in [0.2, 0.25) is 0 Å². The Hall–Kier alpha value is -2.17. The van der Waals surface area contributed by atoms with Gasteiger partial charge in [-0.1, -0.05) is 23.2 Å². The first-order chi connectivity index (χ1) is 8.29. The summed E-state index contributed by atoms with van der Waals surface area (Å²) in [4.78, 5) is 16.4. The summed E-state index contributed by atoms with van der Waals surface area (Å²) in [7, 11) is 0. The van der Waals surface area contributed by atoms with Crippen molar-refractivity contribution in [3.63, 3.8) is 0 Å². The van der Waals surface area contributed by atoms with Crippen molar-refractivity contribution >= 4 is 22.4 Å². The van der Waals surface area contributed by atoms with E-state index in [1.165, 1.54) is 17.5 Å². The van der Waals surface area contributed by atoms with E-state index in [4.69, 9.17) is 5.73 Å². The number of carbonyl (C=O) groups is 1. The number of nitrogens with zero attached hydrogens (tertiary/aromatic N) is 2. The van der Waals surface area contributed by atoms with Gasteiger partial charge in [-0.2, -0.15) is 5.10 Å². The lowest BCUT2D eigenvalue weighted by atomic mass is 10.4. The number of anilines is 1. The van der Waals surface area contributed by atoms with Crippen LogP contribution in [0.2, 0.25) is 0 Å². The van der Waals surface area contributed by atoms with Gasteiger partial charge in [0.05, 0.1) is 17.6 Å². The fourth-order valence-electron chi connectivity index (χ4n) is 1.07. The van der Waals surface area contributed by atoms with E-state index in [1.807, 2.05) is 0 Å². The summed E-state index contributed by atoms with van der Waals surface area (Å²) in [5.41, 5.74) is 5.64. The molecule has 6 nitrogen and oxygen atoms in total. The smallest absolute Gasteiger partial charge is 0.275 e. The zero-order valence-corrected chi connectivity index (χ0v) is 9.54. The number of hydrogen-bond donors (Lipinski definition) is 3. The summed E-state index contributed by atoms with van der Waals surface area (Å²) >= 11 is 1.29.